The Hall–Kier alpha value is -0.960. The molecular weight excluding hydrogens is 182 g/mol. The van der Waals surface area contributed by atoms with Crippen LogP contribution in [0.1, 0.15) is 10.4 Å². The highest BCUT2D eigenvalue weighted by Crippen LogP contribution is 1.97. The molecule has 0 saturated carbocycles. The van der Waals surface area contributed by atoms with Crippen LogP contribution in [0.3, 0.4) is 0 Å². The smallest absolute Gasteiger partial charge is 0.251 e. The predicted octanol–water partition coefficient (Wildman–Crippen LogP) is 1.58. The van der Waals surface area contributed by atoms with Gasteiger partial charge in [-0.25, -0.2) is 0 Å². The zero-order valence-corrected chi connectivity index (χ0v) is 8.36. The lowest BCUT2D eigenvalue weighted by Gasteiger charge is -2.02. The molecule has 0 saturated heterocycles. The summed E-state index contributed by atoms with van der Waals surface area (Å²) in [7, 11) is 0. The normalized spacial score (nSPS) is 9.62. The van der Waals surface area contributed by atoms with Crippen LogP contribution < -0.4 is 5.32 Å². The summed E-state index contributed by atoms with van der Waals surface area (Å²) in [5, 5.41) is 2.82. The standard InChI is InChI=1S/C10H12NOS/c1-13-8-7-11-10(12)9-5-3-2-4-6-9/h2-3,5-6H,7-8H2,1H3,(H,11,12). The van der Waals surface area contributed by atoms with Crippen LogP contribution >= 0.6 is 11.8 Å². The second-order valence-electron chi connectivity index (χ2n) is 2.54. The molecule has 69 valence electrons. The topological polar surface area (TPSA) is 29.1 Å². The second kappa shape index (κ2) is 5.65. The number of amides is 1. The minimum atomic E-state index is -0.0223. The van der Waals surface area contributed by atoms with E-state index >= 15 is 0 Å². The summed E-state index contributed by atoms with van der Waals surface area (Å²) in [6.45, 7) is 0.717. The van der Waals surface area contributed by atoms with Crippen LogP contribution in [0.2, 0.25) is 0 Å². The molecule has 0 aliphatic rings. The first-order valence-corrected chi connectivity index (χ1v) is 5.47. The Morgan fingerprint density at radius 1 is 1.69 bits per heavy atom. The van der Waals surface area contributed by atoms with Gasteiger partial charge in [0.15, 0.2) is 0 Å². The van der Waals surface area contributed by atoms with Gasteiger partial charge in [0.1, 0.15) is 0 Å². The number of thioether (sulfide) groups is 1. The Labute approximate surface area is 82.7 Å². The molecule has 0 unspecified atom stereocenters. The van der Waals surface area contributed by atoms with Gasteiger partial charge >= 0.3 is 0 Å². The zero-order valence-electron chi connectivity index (χ0n) is 7.54. The van der Waals surface area contributed by atoms with E-state index < -0.39 is 0 Å². The van der Waals surface area contributed by atoms with Gasteiger partial charge in [-0.1, -0.05) is 12.1 Å². The first-order valence-electron chi connectivity index (χ1n) is 4.08. The average molecular weight is 194 g/mol. The lowest BCUT2D eigenvalue weighted by molar-refractivity contribution is 0.0956. The van der Waals surface area contributed by atoms with Gasteiger partial charge in [-0.3, -0.25) is 4.79 Å². The van der Waals surface area contributed by atoms with Crippen molar-refractivity contribution < 1.29 is 4.79 Å². The van der Waals surface area contributed by atoms with Crippen molar-refractivity contribution in [1.82, 2.24) is 5.32 Å². The van der Waals surface area contributed by atoms with E-state index in [0.717, 1.165) is 12.3 Å². The Bertz CT molecular complexity index is 261. The molecule has 1 amide bonds. The van der Waals surface area contributed by atoms with Crippen molar-refractivity contribution in [1.29, 1.82) is 0 Å². The Morgan fingerprint density at radius 2 is 2.54 bits per heavy atom. The number of rotatable bonds is 4. The van der Waals surface area contributed by atoms with Gasteiger partial charge < -0.3 is 5.32 Å². The van der Waals surface area contributed by atoms with E-state index in [1.54, 1.807) is 30.0 Å². The Morgan fingerprint density at radius 3 is 3.15 bits per heavy atom. The third kappa shape index (κ3) is 3.51. The van der Waals surface area contributed by atoms with E-state index in [1.807, 2.05) is 12.3 Å². The van der Waals surface area contributed by atoms with Gasteiger partial charge in [0.2, 0.25) is 0 Å². The highest BCUT2D eigenvalue weighted by atomic mass is 32.2. The Balaban J connectivity index is 2.40. The average Bonchev–Trinajstić information content (AvgIpc) is 2.19. The van der Waals surface area contributed by atoms with Crippen molar-refractivity contribution in [3.05, 3.63) is 35.9 Å². The van der Waals surface area contributed by atoms with Crippen molar-refractivity contribution in [2.45, 2.75) is 0 Å². The van der Waals surface area contributed by atoms with Crippen molar-refractivity contribution in [2.24, 2.45) is 0 Å². The molecule has 0 aromatic heterocycles. The quantitative estimate of drug-likeness (QED) is 0.737. The minimum absolute atomic E-state index is 0.0223. The number of hydrogen-bond donors (Lipinski definition) is 1. The van der Waals surface area contributed by atoms with Gasteiger partial charge in [-0.2, -0.15) is 11.8 Å². The van der Waals surface area contributed by atoms with Gasteiger partial charge in [0.25, 0.3) is 5.91 Å². The molecule has 3 heteroatoms. The number of carbonyl (C=O) groups excluding carboxylic acids is 1. The van der Waals surface area contributed by atoms with Crippen LogP contribution in [0, 0.1) is 6.07 Å². The monoisotopic (exact) mass is 194 g/mol. The first-order chi connectivity index (χ1) is 6.34. The number of hydrogen-bond acceptors (Lipinski definition) is 2. The summed E-state index contributed by atoms with van der Waals surface area (Å²) in [4.78, 5) is 11.4. The second-order valence-corrected chi connectivity index (χ2v) is 3.53. The van der Waals surface area contributed by atoms with E-state index in [0.29, 0.717) is 5.56 Å². The fraction of sp³-hybridized carbons (Fsp3) is 0.300. The summed E-state index contributed by atoms with van der Waals surface area (Å²) in [5.74, 6) is 0.924. The molecule has 1 N–H and O–H groups in total. The minimum Gasteiger partial charge on any atom is -0.351 e. The largest absolute Gasteiger partial charge is 0.351 e. The van der Waals surface area contributed by atoms with Crippen molar-refractivity contribution in [2.75, 3.05) is 18.6 Å². The van der Waals surface area contributed by atoms with Crippen LogP contribution in [0.25, 0.3) is 0 Å². The summed E-state index contributed by atoms with van der Waals surface area (Å²) in [6, 6.07) is 9.92. The lowest BCUT2D eigenvalue weighted by Crippen LogP contribution is -2.25. The zero-order chi connectivity index (χ0) is 9.52. The first kappa shape index (κ1) is 10.1. The van der Waals surface area contributed by atoms with E-state index in [2.05, 4.69) is 11.4 Å². The number of benzene rings is 1. The van der Waals surface area contributed by atoms with Crippen molar-refractivity contribution >= 4 is 17.7 Å². The molecule has 0 aliphatic carbocycles. The summed E-state index contributed by atoms with van der Waals surface area (Å²) >= 11 is 1.72. The highest BCUT2D eigenvalue weighted by molar-refractivity contribution is 7.98. The van der Waals surface area contributed by atoms with Crippen LogP contribution in [0.5, 0.6) is 0 Å². The lowest BCUT2D eigenvalue weighted by atomic mass is 10.2. The Kier molecular flexibility index (Phi) is 4.40. The molecule has 1 radical (unpaired) electrons. The van der Waals surface area contributed by atoms with E-state index in [9.17, 15) is 4.79 Å². The van der Waals surface area contributed by atoms with Gasteiger partial charge in [-0.15, -0.1) is 0 Å². The maximum atomic E-state index is 11.4. The van der Waals surface area contributed by atoms with E-state index in [4.69, 9.17) is 0 Å². The van der Waals surface area contributed by atoms with Crippen LogP contribution in [-0.2, 0) is 0 Å². The molecule has 1 aromatic carbocycles. The SMILES string of the molecule is CSCCNC(=O)c1c[c]ccc1. The summed E-state index contributed by atoms with van der Waals surface area (Å²) < 4.78 is 0. The van der Waals surface area contributed by atoms with Gasteiger partial charge in [0.05, 0.1) is 0 Å². The van der Waals surface area contributed by atoms with Crippen LogP contribution in [0.4, 0.5) is 0 Å². The highest BCUT2D eigenvalue weighted by Gasteiger charge is 2.01. The van der Waals surface area contributed by atoms with Gasteiger partial charge in [-0.05, 0) is 24.5 Å². The van der Waals surface area contributed by atoms with Gasteiger partial charge in [0, 0.05) is 17.9 Å². The molecule has 0 spiro atoms. The number of nitrogens with one attached hydrogen (secondary N) is 1. The molecule has 1 rings (SSSR count). The van der Waals surface area contributed by atoms with Crippen LogP contribution in [0.15, 0.2) is 24.3 Å². The third-order valence-corrected chi connectivity index (χ3v) is 2.17. The van der Waals surface area contributed by atoms with Crippen molar-refractivity contribution in [3.8, 4) is 0 Å². The predicted molar refractivity (Wildman–Crippen MR) is 56.0 cm³/mol. The molecule has 1 aromatic rings. The van der Waals surface area contributed by atoms with Crippen molar-refractivity contribution in [3.63, 3.8) is 0 Å². The molecule has 0 aliphatic heterocycles. The fourth-order valence-corrected chi connectivity index (χ4v) is 1.21. The summed E-state index contributed by atoms with van der Waals surface area (Å²) in [6.07, 6.45) is 2.02. The molecule has 2 nitrogen and oxygen atoms in total. The molecular formula is C10H12NOS. The maximum absolute atomic E-state index is 11.4. The maximum Gasteiger partial charge on any atom is 0.251 e. The summed E-state index contributed by atoms with van der Waals surface area (Å²) in [5.41, 5.74) is 0.670. The number of carbonyl (C=O) groups is 1. The molecule has 0 fully saturated rings. The molecule has 0 atom stereocenters. The molecule has 0 heterocycles. The molecule has 13 heavy (non-hydrogen) atoms. The van der Waals surface area contributed by atoms with E-state index in [1.165, 1.54) is 0 Å². The van der Waals surface area contributed by atoms with Crippen LogP contribution in [-0.4, -0.2) is 24.5 Å². The molecule has 0 bridgehead atoms. The fourth-order valence-electron chi connectivity index (χ4n) is 0.903. The third-order valence-electron chi connectivity index (χ3n) is 1.56. The van der Waals surface area contributed by atoms with E-state index in [-0.39, 0.29) is 5.91 Å².